The van der Waals surface area contributed by atoms with Gasteiger partial charge < -0.3 is 15.5 Å². The first-order valence-electron chi connectivity index (χ1n) is 8.74. The summed E-state index contributed by atoms with van der Waals surface area (Å²) in [5, 5.41) is 0. The first-order valence-corrected chi connectivity index (χ1v) is 8.74. The Morgan fingerprint density at radius 3 is 2.70 bits per heavy atom. The molecule has 0 aromatic heterocycles. The van der Waals surface area contributed by atoms with Crippen LogP contribution in [0.15, 0.2) is 0 Å². The first-order chi connectivity index (χ1) is 9.60. The Morgan fingerprint density at radius 2 is 2.00 bits per heavy atom. The van der Waals surface area contributed by atoms with Gasteiger partial charge in [-0.05, 0) is 64.6 Å². The normalized spacial score (nSPS) is 36.5. The van der Waals surface area contributed by atoms with Gasteiger partial charge >= 0.3 is 0 Å². The molecule has 20 heavy (non-hydrogen) atoms. The van der Waals surface area contributed by atoms with Gasteiger partial charge in [0, 0.05) is 25.2 Å². The molecule has 1 saturated heterocycles. The third-order valence-corrected chi connectivity index (χ3v) is 5.55. The Morgan fingerprint density at radius 1 is 1.20 bits per heavy atom. The van der Waals surface area contributed by atoms with Crippen molar-refractivity contribution in [2.45, 2.75) is 64.0 Å². The summed E-state index contributed by atoms with van der Waals surface area (Å²) in [4.78, 5) is 5.08. The fourth-order valence-corrected chi connectivity index (χ4v) is 4.22. The van der Waals surface area contributed by atoms with E-state index < -0.39 is 0 Å². The molecule has 3 nitrogen and oxygen atoms in total. The van der Waals surface area contributed by atoms with Gasteiger partial charge in [0.05, 0.1) is 0 Å². The number of rotatable bonds is 5. The minimum Gasteiger partial charge on any atom is -0.327 e. The van der Waals surface area contributed by atoms with Gasteiger partial charge in [0.1, 0.15) is 0 Å². The van der Waals surface area contributed by atoms with Gasteiger partial charge in [0.15, 0.2) is 0 Å². The number of hydrogen-bond acceptors (Lipinski definition) is 3. The van der Waals surface area contributed by atoms with Crippen molar-refractivity contribution < 1.29 is 0 Å². The smallest absolute Gasteiger partial charge is 0.0217 e. The van der Waals surface area contributed by atoms with Crippen LogP contribution in [0, 0.1) is 11.8 Å². The van der Waals surface area contributed by atoms with Gasteiger partial charge in [-0.1, -0.05) is 19.8 Å². The molecule has 1 aliphatic heterocycles. The van der Waals surface area contributed by atoms with Crippen molar-refractivity contribution in [3.05, 3.63) is 0 Å². The van der Waals surface area contributed by atoms with E-state index in [0.717, 1.165) is 17.9 Å². The Labute approximate surface area is 125 Å². The number of nitrogens with zero attached hydrogens (tertiary/aromatic N) is 2. The van der Waals surface area contributed by atoms with E-state index in [1.54, 1.807) is 0 Å². The summed E-state index contributed by atoms with van der Waals surface area (Å²) >= 11 is 0. The fourth-order valence-electron chi connectivity index (χ4n) is 4.22. The lowest BCUT2D eigenvalue weighted by Crippen LogP contribution is -2.49. The van der Waals surface area contributed by atoms with Crippen LogP contribution in [0.1, 0.15) is 51.9 Å². The van der Waals surface area contributed by atoms with Crippen molar-refractivity contribution >= 4 is 0 Å². The van der Waals surface area contributed by atoms with Gasteiger partial charge in [-0.25, -0.2) is 0 Å². The largest absolute Gasteiger partial charge is 0.327 e. The van der Waals surface area contributed by atoms with E-state index in [9.17, 15) is 0 Å². The predicted molar refractivity (Wildman–Crippen MR) is 86.9 cm³/mol. The molecule has 0 radical (unpaired) electrons. The highest BCUT2D eigenvalue weighted by Crippen LogP contribution is 2.32. The molecule has 0 spiro atoms. The SMILES string of the molecule is CCCC1CCC(N)C(CN2CCCC(N(C)C)C2)C1. The maximum atomic E-state index is 6.41. The van der Waals surface area contributed by atoms with E-state index in [1.807, 2.05) is 0 Å². The van der Waals surface area contributed by atoms with E-state index in [2.05, 4.69) is 30.8 Å². The van der Waals surface area contributed by atoms with Crippen molar-refractivity contribution in [3.63, 3.8) is 0 Å². The summed E-state index contributed by atoms with van der Waals surface area (Å²) < 4.78 is 0. The molecular weight excluding hydrogens is 246 g/mol. The van der Waals surface area contributed by atoms with E-state index in [1.165, 1.54) is 64.6 Å². The molecule has 0 amide bonds. The zero-order valence-corrected chi connectivity index (χ0v) is 13.9. The van der Waals surface area contributed by atoms with Gasteiger partial charge in [-0.2, -0.15) is 0 Å². The highest BCUT2D eigenvalue weighted by atomic mass is 15.2. The highest BCUT2D eigenvalue weighted by molar-refractivity contribution is 4.87. The molecule has 2 N–H and O–H groups in total. The minimum absolute atomic E-state index is 0.447. The van der Waals surface area contributed by atoms with Gasteiger partial charge in [0.25, 0.3) is 0 Å². The molecule has 1 saturated carbocycles. The second-order valence-corrected chi connectivity index (χ2v) is 7.41. The maximum Gasteiger partial charge on any atom is 0.0217 e. The molecule has 2 fully saturated rings. The molecule has 4 atom stereocenters. The lowest BCUT2D eigenvalue weighted by Gasteiger charge is -2.41. The zero-order chi connectivity index (χ0) is 14.5. The van der Waals surface area contributed by atoms with Crippen LogP contribution in [0.25, 0.3) is 0 Å². The van der Waals surface area contributed by atoms with Crippen molar-refractivity contribution in [1.82, 2.24) is 9.80 Å². The molecule has 0 bridgehead atoms. The average molecular weight is 281 g/mol. The molecule has 3 heteroatoms. The molecule has 2 rings (SSSR count). The Balaban J connectivity index is 1.84. The van der Waals surface area contributed by atoms with Crippen LogP contribution in [-0.2, 0) is 0 Å². The number of hydrogen-bond donors (Lipinski definition) is 1. The van der Waals surface area contributed by atoms with Crippen molar-refractivity contribution in [1.29, 1.82) is 0 Å². The topological polar surface area (TPSA) is 32.5 Å². The summed E-state index contributed by atoms with van der Waals surface area (Å²) in [6.07, 6.45) is 9.44. The van der Waals surface area contributed by atoms with E-state index in [0.29, 0.717) is 6.04 Å². The van der Waals surface area contributed by atoms with Crippen LogP contribution >= 0.6 is 0 Å². The third kappa shape index (κ3) is 4.44. The summed E-state index contributed by atoms with van der Waals surface area (Å²) in [7, 11) is 4.44. The average Bonchev–Trinajstić information content (AvgIpc) is 2.43. The first kappa shape index (κ1) is 16.3. The molecule has 118 valence electrons. The van der Waals surface area contributed by atoms with Gasteiger partial charge in [-0.15, -0.1) is 0 Å². The lowest BCUT2D eigenvalue weighted by atomic mass is 9.76. The molecule has 1 aliphatic carbocycles. The highest BCUT2D eigenvalue weighted by Gasteiger charge is 2.30. The van der Waals surface area contributed by atoms with Crippen LogP contribution in [0.5, 0.6) is 0 Å². The summed E-state index contributed by atoms with van der Waals surface area (Å²) in [6, 6.07) is 1.19. The fraction of sp³-hybridized carbons (Fsp3) is 1.00. The Bertz CT molecular complexity index is 279. The zero-order valence-electron chi connectivity index (χ0n) is 13.9. The number of piperidine rings is 1. The monoisotopic (exact) mass is 281 g/mol. The van der Waals surface area contributed by atoms with Gasteiger partial charge in [0.2, 0.25) is 0 Å². The maximum absolute atomic E-state index is 6.41. The summed E-state index contributed by atoms with van der Waals surface area (Å²) in [5.74, 6) is 1.68. The Hall–Kier alpha value is -0.120. The van der Waals surface area contributed by atoms with Crippen LogP contribution in [0.2, 0.25) is 0 Å². The molecule has 1 heterocycles. The number of likely N-dealkylation sites (tertiary alicyclic amines) is 1. The van der Waals surface area contributed by atoms with Gasteiger partial charge in [-0.3, -0.25) is 0 Å². The van der Waals surface area contributed by atoms with E-state index >= 15 is 0 Å². The lowest BCUT2D eigenvalue weighted by molar-refractivity contribution is 0.0941. The quantitative estimate of drug-likeness (QED) is 0.840. The minimum atomic E-state index is 0.447. The molecule has 0 aromatic rings. The van der Waals surface area contributed by atoms with E-state index in [4.69, 9.17) is 5.73 Å². The van der Waals surface area contributed by atoms with Crippen molar-refractivity contribution in [2.75, 3.05) is 33.7 Å². The van der Waals surface area contributed by atoms with Crippen LogP contribution in [0.4, 0.5) is 0 Å². The second kappa shape index (κ2) is 7.77. The Kier molecular flexibility index (Phi) is 6.31. The molecule has 2 aliphatic rings. The third-order valence-electron chi connectivity index (χ3n) is 5.55. The van der Waals surface area contributed by atoms with Crippen LogP contribution < -0.4 is 5.73 Å². The standard InChI is InChI=1S/C17H35N3/c1-4-6-14-8-9-17(18)15(11-14)12-20-10-5-7-16(13-20)19(2)3/h14-17H,4-13,18H2,1-3H3. The predicted octanol–water partition coefficient (Wildman–Crippen LogP) is 2.56. The van der Waals surface area contributed by atoms with Crippen LogP contribution in [0.3, 0.4) is 0 Å². The van der Waals surface area contributed by atoms with E-state index in [-0.39, 0.29) is 0 Å². The molecule has 4 unspecified atom stereocenters. The molecule has 0 aromatic carbocycles. The molecular formula is C17H35N3. The second-order valence-electron chi connectivity index (χ2n) is 7.41. The number of likely N-dealkylation sites (N-methyl/N-ethyl adjacent to an activating group) is 1. The van der Waals surface area contributed by atoms with Crippen molar-refractivity contribution in [3.8, 4) is 0 Å². The summed E-state index contributed by atoms with van der Waals surface area (Å²) in [5.41, 5.74) is 6.41. The van der Waals surface area contributed by atoms with Crippen LogP contribution in [-0.4, -0.2) is 55.6 Å². The summed E-state index contributed by atoms with van der Waals surface area (Å²) in [6.45, 7) is 6.09. The number of nitrogens with two attached hydrogens (primary N) is 1. The van der Waals surface area contributed by atoms with Crippen molar-refractivity contribution in [2.24, 2.45) is 17.6 Å².